The summed E-state index contributed by atoms with van der Waals surface area (Å²) in [7, 11) is -3.89. The largest absolute Gasteiger partial charge is 0.480 e. The molecule has 0 atom stereocenters. The third-order valence-electron chi connectivity index (χ3n) is 3.22. The minimum absolute atomic E-state index is 0.0120. The van der Waals surface area contributed by atoms with Crippen LogP contribution >= 0.6 is 15.9 Å². The van der Waals surface area contributed by atoms with Gasteiger partial charge in [0.2, 0.25) is 10.0 Å². The highest BCUT2D eigenvalue weighted by molar-refractivity contribution is 9.10. The lowest BCUT2D eigenvalue weighted by molar-refractivity contribution is -0.137. The van der Waals surface area contributed by atoms with E-state index in [1.165, 1.54) is 12.1 Å². The molecule has 0 amide bonds. The number of hydrogen-bond donors (Lipinski definition) is 1. The van der Waals surface area contributed by atoms with E-state index in [-0.39, 0.29) is 11.4 Å². The first kappa shape index (κ1) is 17.7. The second-order valence-corrected chi connectivity index (χ2v) is 7.96. The van der Waals surface area contributed by atoms with Crippen LogP contribution in [0.15, 0.2) is 57.9 Å². The van der Waals surface area contributed by atoms with Crippen molar-refractivity contribution in [1.82, 2.24) is 4.31 Å². The summed E-state index contributed by atoms with van der Waals surface area (Å²) in [5.74, 6) is -1.20. The van der Waals surface area contributed by atoms with Crippen molar-refractivity contribution in [2.45, 2.75) is 18.4 Å². The van der Waals surface area contributed by atoms with Crippen LogP contribution in [0.4, 0.5) is 0 Å². The van der Waals surface area contributed by atoms with Crippen molar-refractivity contribution in [3.05, 3.63) is 64.1 Å². The number of sulfonamides is 1. The molecular weight excluding hydrogens is 382 g/mol. The van der Waals surface area contributed by atoms with E-state index in [0.717, 1.165) is 14.3 Å². The molecule has 1 N–H and O–H groups in total. The summed E-state index contributed by atoms with van der Waals surface area (Å²) < 4.78 is 27.2. The maximum absolute atomic E-state index is 12.7. The molecule has 2 aromatic rings. The second kappa shape index (κ2) is 7.25. The van der Waals surface area contributed by atoms with Gasteiger partial charge in [0, 0.05) is 11.0 Å². The molecule has 0 fully saturated rings. The molecule has 2 aromatic carbocycles. The monoisotopic (exact) mass is 397 g/mol. The number of nitrogens with zero attached hydrogens (tertiary/aromatic N) is 1. The van der Waals surface area contributed by atoms with Crippen molar-refractivity contribution in [2.75, 3.05) is 6.54 Å². The summed E-state index contributed by atoms with van der Waals surface area (Å²) in [5, 5.41) is 9.06. The number of hydrogen-bond acceptors (Lipinski definition) is 3. The topological polar surface area (TPSA) is 74.7 Å². The van der Waals surface area contributed by atoms with Gasteiger partial charge in [-0.25, -0.2) is 8.42 Å². The van der Waals surface area contributed by atoms with E-state index < -0.39 is 22.5 Å². The number of carboxylic acids is 1. The highest BCUT2D eigenvalue weighted by Crippen LogP contribution is 2.20. The molecule has 0 spiro atoms. The average Bonchev–Trinajstić information content (AvgIpc) is 2.46. The maximum atomic E-state index is 12.7. The molecule has 7 heteroatoms. The standard InChI is InChI=1S/C16H16BrNO4S/c1-12-5-7-15(8-6-12)23(21,22)18(11-16(19)20)10-13-3-2-4-14(17)9-13/h2-9H,10-11H2,1H3,(H,19,20). The van der Waals surface area contributed by atoms with Crippen LogP contribution in [0.25, 0.3) is 0 Å². The van der Waals surface area contributed by atoms with Crippen LogP contribution in [-0.2, 0) is 21.4 Å². The SMILES string of the molecule is Cc1ccc(S(=O)(=O)N(CC(=O)O)Cc2cccc(Br)c2)cc1. The summed E-state index contributed by atoms with van der Waals surface area (Å²) in [6.07, 6.45) is 0. The minimum atomic E-state index is -3.89. The normalized spacial score (nSPS) is 11.6. The molecule has 0 saturated heterocycles. The Morgan fingerprint density at radius 1 is 1.17 bits per heavy atom. The number of carboxylic acid groups (broad SMARTS) is 1. The Morgan fingerprint density at radius 2 is 1.83 bits per heavy atom. The first-order valence-corrected chi connectivity index (χ1v) is 9.05. The van der Waals surface area contributed by atoms with Gasteiger partial charge in [-0.2, -0.15) is 4.31 Å². The Morgan fingerprint density at radius 3 is 2.39 bits per heavy atom. The van der Waals surface area contributed by atoms with Crippen LogP contribution in [0.2, 0.25) is 0 Å². The predicted molar refractivity (Wildman–Crippen MR) is 90.6 cm³/mol. The molecule has 0 saturated carbocycles. The van der Waals surface area contributed by atoms with Crippen LogP contribution in [0, 0.1) is 6.92 Å². The number of aryl methyl sites for hydroxylation is 1. The van der Waals surface area contributed by atoms with Gasteiger partial charge in [-0.05, 0) is 36.8 Å². The average molecular weight is 398 g/mol. The summed E-state index contributed by atoms with van der Waals surface area (Å²) in [4.78, 5) is 11.2. The molecule has 2 rings (SSSR count). The van der Waals surface area contributed by atoms with Gasteiger partial charge in [0.15, 0.2) is 0 Å². The van der Waals surface area contributed by atoms with E-state index in [4.69, 9.17) is 5.11 Å². The van der Waals surface area contributed by atoms with Crippen molar-refractivity contribution < 1.29 is 18.3 Å². The fourth-order valence-electron chi connectivity index (χ4n) is 2.07. The zero-order valence-corrected chi connectivity index (χ0v) is 14.8. The summed E-state index contributed by atoms with van der Waals surface area (Å²) in [6, 6.07) is 13.5. The van der Waals surface area contributed by atoms with E-state index in [2.05, 4.69) is 15.9 Å². The van der Waals surface area contributed by atoms with Crippen LogP contribution in [0.3, 0.4) is 0 Å². The molecule has 0 aliphatic heterocycles. The van der Waals surface area contributed by atoms with Gasteiger partial charge in [-0.15, -0.1) is 0 Å². The minimum Gasteiger partial charge on any atom is -0.480 e. The number of rotatable bonds is 6. The van der Waals surface area contributed by atoms with Crippen molar-refractivity contribution in [2.24, 2.45) is 0 Å². The van der Waals surface area contributed by atoms with Gasteiger partial charge in [0.1, 0.15) is 6.54 Å². The Labute approximate surface area is 143 Å². The highest BCUT2D eigenvalue weighted by Gasteiger charge is 2.26. The van der Waals surface area contributed by atoms with Gasteiger partial charge < -0.3 is 5.11 Å². The van der Waals surface area contributed by atoms with Crippen molar-refractivity contribution in [3.63, 3.8) is 0 Å². The van der Waals surface area contributed by atoms with E-state index >= 15 is 0 Å². The fourth-order valence-corrected chi connectivity index (χ4v) is 3.90. The third-order valence-corrected chi connectivity index (χ3v) is 5.52. The quantitative estimate of drug-likeness (QED) is 0.812. The summed E-state index contributed by atoms with van der Waals surface area (Å²) in [6.45, 7) is 1.25. The van der Waals surface area contributed by atoms with E-state index in [0.29, 0.717) is 5.56 Å². The number of aliphatic carboxylic acids is 1. The van der Waals surface area contributed by atoms with Crippen LogP contribution in [-0.4, -0.2) is 30.3 Å². The van der Waals surface area contributed by atoms with E-state index in [1.54, 1.807) is 30.3 Å². The molecule has 0 aliphatic carbocycles. The Hall–Kier alpha value is -1.70. The lowest BCUT2D eigenvalue weighted by Gasteiger charge is -2.20. The first-order chi connectivity index (χ1) is 10.8. The lowest BCUT2D eigenvalue weighted by atomic mass is 10.2. The molecule has 0 heterocycles. The molecule has 23 heavy (non-hydrogen) atoms. The van der Waals surface area contributed by atoms with Gasteiger partial charge in [0.25, 0.3) is 0 Å². The van der Waals surface area contributed by atoms with Crippen LogP contribution in [0.5, 0.6) is 0 Å². The zero-order chi connectivity index (χ0) is 17.0. The first-order valence-electron chi connectivity index (χ1n) is 6.82. The molecule has 0 aromatic heterocycles. The summed E-state index contributed by atoms with van der Waals surface area (Å²) in [5.41, 5.74) is 1.64. The van der Waals surface area contributed by atoms with Crippen molar-refractivity contribution in [1.29, 1.82) is 0 Å². The molecule has 0 aliphatic rings. The van der Waals surface area contributed by atoms with Crippen LogP contribution in [0.1, 0.15) is 11.1 Å². The summed E-state index contributed by atoms with van der Waals surface area (Å²) >= 11 is 3.32. The number of carbonyl (C=O) groups is 1. The number of benzene rings is 2. The molecule has 0 unspecified atom stereocenters. The van der Waals surface area contributed by atoms with Crippen molar-refractivity contribution in [3.8, 4) is 0 Å². The molecule has 0 bridgehead atoms. The van der Waals surface area contributed by atoms with E-state index in [9.17, 15) is 13.2 Å². The Kier molecular flexibility index (Phi) is 5.56. The molecular formula is C16H16BrNO4S. The fraction of sp³-hybridized carbons (Fsp3) is 0.188. The van der Waals surface area contributed by atoms with E-state index in [1.807, 2.05) is 13.0 Å². The molecule has 122 valence electrons. The van der Waals surface area contributed by atoms with Crippen LogP contribution < -0.4 is 0 Å². The van der Waals surface area contributed by atoms with Gasteiger partial charge in [0.05, 0.1) is 4.90 Å². The van der Waals surface area contributed by atoms with Crippen molar-refractivity contribution >= 4 is 31.9 Å². The third kappa shape index (κ3) is 4.63. The molecule has 0 radical (unpaired) electrons. The predicted octanol–water partition coefficient (Wildman–Crippen LogP) is 3.03. The number of halogens is 1. The lowest BCUT2D eigenvalue weighted by Crippen LogP contribution is -2.35. The van der Waals surface area contributed by atoms with Gasteiger partial charge >= 0.3 is 5.97 Å². The maximum Gasteiger partial charge on any atom is 0.318 e. The Bertz CT molecular complexity index is 803. The van der Waals surface area contributed by atoms with Gasteiger partial charge in [-0.3, -0.25) is 4.79 Å². The zero-order valence-electron chi connectivity index (χ0n) is 12.4. The van der Waals surface area contributed by atoms with Gasteiger partial charge in [-0.1, -0.05) is 45.8 Å². The Balaban J connectivity index is 2.37. The molecule has 5 nitrogen and oxygen atoms in total. The highest BCUT2D eigenvalue weighted by atomic mass is 79.9. The second-order valence-electron chi connectivity index (χ2n) is 5.11. The smallest absolute Gasteiger partial charge is 0.318 e.